The maximum Gasteiger partial charge on any atom is 0.258 e. The second kappa shape index (κ2) is 6.61. The Balaban J connectivity index is 2.28. The number of carbonyl (C=O) groups is 2. The summed E-state index contributed by atoms with van der Waals surface area (Å²) in [5.41, 5.74) is 0.503. The third-order valence-electron chi connectivity index (χ3n) is 3.62. The molecular formula is C16H22N2O3. The van der Waals surface area contributed by atoms with Crippen LogP contribution in [-0.4, -0.2) is 43.0 Å². The number of hydrogen-bond acceptors (Lipinski definition) is 3. The van der Waals surface area contributed by atoms with Gasteiger partial charge in [0.15, 0.2) is 0 Å². The third kappa shape index (κ3) is 3.35. The van der Waals surface area contributed by atoms with Crippen molar-refractivity contribution in [1.82, 2.24) is 10.2 Å². The van der Waals surface area contributed by atoms with Crippen LogP contribution in [0.3, 0.4) is 0 Å². The maximum absolute atomic E-state index is 12.8. The Bertz CT molecular complexity index is 528. The lowest BCUT2D eigenvalue weighted by Gasteiger charge is -2.36. The molecule has 0 spiro atoms. The number of methoxy groups -OCH3 is 1. The fraction of sp³-hybridized carbons (Fsp3) is 0.500. The van der Waals surface area contributed by atoms with Crippen molar-refractivity contribution in [2.24, 2.45) is 5.92 Å². The molecule has 2 amide bonds. The number of nitrogens with one attached hydrogen (secondary N) is 1. The Hall–Kier alpha value is -2.04. The standard InChI is InChI=1S/C16H22N2O3/c1-11(2)10-13-15(19)17-8-9-18(13)16(20)12-6-4-5-7-14(12)21-3/h4-7,11,13H,8-10H2,1-3H3,(H,17,19). The Labute approximate surface area is 125 Å². The molecule has 1 heterocycles. The molecule has 1 atom stereocenters. The Kier molecular flexibility index (Phi) is 4.83. The molecule has 1 fully saturated rings. The molecule has 0 bridgehead atoms. The SMILES string of the molecule is COc1ccccc1C(=O)N1CCNC(=O)C1CC(C)C. The van der Waals surface area contributed by atoms with Crippen LogP contribution < -0.4 is 10.1 Å². The van der Waals surface area contributed by atoms with E-state index in [1.165, 1.54) is 0 Å². The Morgan fingerprint density at radius 2 is 2.14 bits per heavy atom. The van der Waals surface area contributed by atoms with Crippen molar-refractivity contribution < 1.29 is 14.3 Å². The summed E-state index contributed by atoms with van der Waals surface area (Å²) in [6.07, 6.45) is 0.659. The molecule has 1 unspecified atom stereocenters. The van der Waals surface area contributed by atoms with E-state index < -0.39 is 6.04 Å². The van der Waals surface area contributed by atoms with Gasteiger partial charge >= 0.3 is 0 Å². The van der Waals surface area contributed by atoms with Crippen LogP contribution in [0.25, 0.3) is 0 Å². The van der Waals surface area contributed by atoms with E-state index in [1.807, 2.05) is 19.9 Å². The molecule has 0 radical (unpaired) electrons. The van der Waals surface area contributed by atoms with E-state index in [2.05, 4.69) is 5.32 Å². The summed E-state index contributed by atoms with van der Waals surface area (Å²) in [6.45, 7) is 5.12. The molecule has 1 aliphatic heterocycles. The van der Waals surface area contributed by atoms with Crippen molar-refractivity contribution in [2.45, 2.75) is 26.3 Å². The lowest BCUT2D eigenvalue weighted by Crippen LogP contribution is -2.57. The summed E-state index contributed by atoms with van der Waals surface area (Å²) < 4.78 is 5.25. The molecular weight excluding hydrogens is 268 g/mol. The van der Waals surface area contributed by atoms with Crippen molar-refractivity contribution in [3.8, 4) is 5.75 Å². The van der Waals surface area contributed by atoms with Gasteiger partial charge in [-0.1, -0.05) is 26.0 Å². The first kappa shape index (κ1) is 15.4. The van der Waals surface area contributed by atoms with Crippen molar-refractivity contribution in [2.75, 3.05) is 20.2 Å². The zero-order valence-corrected chi connectivity index (χ0v) is 12.8. The van der Waals surface area contributed by atoms with Crippen LogP contribution in [0.15, 0.2) is 24.3 Å². The van der Waals surface area contributed by atoms with E-state index in [4.69, 9.17) is 4.74 Å². The highest BCUT2D eigenvalue weighted by Crippen LogP contribution is 2.23. The van der Waals surface area contributed by atoms with Crippen LogP contribution in [0.4, 0.5) is 0 Å². The summed E-state index contributed by atoms with van der Waals surface area (Å²) in [7, 11) is 1.54. The van der Waals surface area contributed by atoms with E-state index in [9.17, 15) is 9.59 Å². The third-order valence-corrected chi connectivity index (χ3v) is 3.62. The molecule has 114 valence electrons. The second-order valence-corrected chi connectivity index (χ2v) is 5.64. The van der Waals surface area contributed by atoms with Gasteiger partial charge in [-0.15, -0.1) is 0 Å². The minimum atomic E-state index is -0.406. The molecule has 0 saturated carbocycles. The number of rotatable bonds is 4. The van der Waals surface area contributed by atoms with Crippen molar-refractivity contribution >= 4 is 11.8 Å². The van der Waals surface area contributed by atoms with E-state index >= 15 is 0 Å². The van der Waals surface area contributed by atoms with Crippen molar-refractivity contribution in [3.63, 3.8) is 0 Å². The molecule has 1 aromatic carbocycles. The lowest BCUT2D eigenvalue weighted by atomic mass is 9.99. The van der Waals surface area contributed by atoms with E-state index in [0.29, 0.717) is 36.7 Å². The van der Waals surface area contributed by atoms with Gasteiger partial charge in [-0.2, -0.15) is 0 Å². The minimum Gasteiger partial charge on any atom is -0.496 e. The number of hydrogen-bond donors (Lipinski definition) is 1. The number of benzene rings is 1. The Morgan fingerprint density at radius 1 is 1.43 bits per heavy atom. The van der Waals surface area contributed by atoms with Gasteiger partial charge in [0.2, 0.25) is 5.91 Å². The van der Waals surface area contributed by atoms with Crippen LogP contribution in [0.1, 0.15) is 30.6 Å². The van der Waals surface area contributed by atoms with Crippen LogP contribution in [0, 0.1) is 5.92 Å². The molecule has 0 aromatic heterocycles. The average molecular weight is 290 g/mol. The van der Waals surface area contributed by atoms with Crippen molar-refractivity contribution in [1.29, 1.82) is 0 Å². The fourth-order valence-corrected chi connectivity index (χ4v) is 2.61. The molecule has 5 heteroatoms. The summed E-state index contributed by atoms with van der Waals surface area (Å²) in [6, 6.07) is 6.71. The van der Waals surface area contributed by atoms with Gasteiger partial charge in [0.1, 0.15) is 11.8 Å². The van der Waals surface area contributed by atoms with Gasteiger partial charge in [-0.05, 0) is 24.5 Å². The predicted molar refractivity (Wildman–Crippen MR) is 80.3 cm³/mol. The number of para-hydroxylation sites is 1. The van der Waals surface area contributed by atoms with Crippen LogP contribution >= 0.6 is 0 Å². The first-order chi connectivity index (χ1) is 10.0. The highest BCUT2D eigenvalue weighted by molar-refractivity contribution is 6.00. The number of carbonyl (C=O) groups excluding carboxylic acids is 2. The van der Waals surface area contributed by atoms with Crippen LogP contribution in [0.5, 0.6) is 5.75 Å². The quantitative estimate of drug-likeness (QED) is 0.918. The summed E-state index contributed by atoms with van der Waals surface area (Å²) in [4.78, 5) is 26.5. The highest BCUT2D eigenvalue weighted by Gasteiger charge is 2.34. The largest absolute Gasteiger partial charge is 0.496 e. The van der Waals surface area contributed by atoms with E-state index in [0.717, 1.165) is 0 Å². The number of nitrogens with zero attached hydrogens (tertiary/aromatic N) is 1. The van der Waals surface area contributed by atoms with Gasteiger partial charge < -0.3 is 15.0 Å². The fourth-order valence-electron chi connectivity index (χ4n) is 2.61. The molecule has 1 aromatic rings. The molecule has 1 N–H and O–H groups in total. The van der Waals surface area contributed by atoms with Gasteiger partial charge in [0.05, 0.1) is 12.7 Å². The van der Waals surface area contributed by atoms with Crippen LogP contribution in [0.2, 0.25) is 0 Å². The summed E-state index contributed by atoms with van der Waals surface area (Å²) in [5, 5.41) is 2.84. The lowest BCUT2D eigenvalue weighted by molar-refractivity contribution is -0.128. The molecule has 1 saturated heterocycles. The zero-order chi connectivity index (χ0) is 15.4. The zero-order valence-electron chi connectivity index (χ0n) is 12.8. The number of amides is 2. The number of ether oxygens (including phenoxy) is 1. The smallest absolute Gasteiger partial charge is 0.258 e. The van der Waals surface area contributed by atoms with Gasteiger partial charge in [0.25, 0.3) is 5.91 Å². The van der Waals surface area contributed by atoms with E-state index in [-0.39, 0.29) is 11.8 Å². The van der Waals surface area contributed by atoms with Gasteiger partial charge in [0, 0.05) is 13.1 Å². The predicted octanol–water partition coefficient (Wildman–Crippen LogP) is 1.68. The normalized spacial score (nSPS) is 18.6. The molecule has 21 heavy (non-hydrogen) atoms. The number of piperazine rings is 1. The molecule has 2 rings (SSSR count). The summed E-state index contributed by atoms with van der Waals surface area (Å²) in [5.74, 6) is 0.662. The molecule has 5 nitrogen and oxygen atoms in total. The molecule has 0 aliphatic carbocycles. The summed E-state index contributed by atoms with van der Waals surface area (Å²) >= 11 is 0. The second-order valence-electron chi connectivity index (χ2n) is 5.64. The maximum atomic E-state index is 12.8. The molecule has 1 aliphatic rings. The monoisotopic (exact) mass is 290 g/mol. The minimum absolute atomic E-state index is 0.0711. The first-order valence-corrected chi connectivity index (χ1v) is 7.26. The Morgan fingerprint density at radius 3 is 2.81 bits per heavy atom. The topological polar surface area (TPSA) is 58.6 Å². The highest BCUT2D eigenvalue weighted by atomic mass is 16.5. The van der Waals surface area contributed by atoms with Gasteiger partial charge in [-0.3, -0.25) is 9.59 Å². The van der Waals surface area contributed by atoms with E-state index in [1.54, 1.807) is 30.2 Å². The van der Waals surface area contributed by atoms with Crippen molar-refractivity contribution in [3.05, 3.63) is 29.8 Å². The first-order valence-electron chi connectivity index (χ1n) is 7.26. The van der Waals surface area contributed by atoms with Crippen LogP contribution in [-0.2, 0) is 4.79 Å². The van der Waals surface area contributed by atoms with Gasteiger partial charge in [-0.25, -0.2) is 0 Å². The average Bonchev–Trinajstić information content (AvgIpc) is 2.48.